The van der Waals surface area contributed by atoms with Gasteiger partial charge in [-0.3, -0.25) is 0 Å². The molecule has 0 saturated carbocycles. The van der Waals surface area contributed by atoms with Crippen molar-refractivity contribution in [2.24, 2.45) is 0 Å². The first kappa shape index (κ1) is 15.0. The van der Waals surface area contributed by atoms with Crippen LogP contribution in [0.5, 0.6) is 0 Å². The van der Waals surface area contributed by atoms with Crippen LogP contribution in [0.2, 0.25) is 5.02 Å². The van der Waals surface area contributed by atoms with E-state index < -0.39 is 11.9 Å². The minimum atomic E-state index is -0.642. The third-order valence-electron chi connectivity index (χ3n) is 3.48. The molecule has 2 rings (SSSR count). The van der Waals surface area contributed by atoms with E-state index in [4.69, 9.17) is 11.6 Å². The summed E-state index contributed by atoms with van der Waals surface area (Å²) >= 11 is 5.66. The van der Waals surface area contributed by atoms with Crippen molar-refractivity contribution < 1.29 is 9.50 Å². The largest absolute Gasteiger partial charge is 0.388 e. The van der Waals surface area contributed by atoms with Crippen LogP contribution in [0.3, 0.4) is 0 Å². The molecule has 0 aliphatic rings. The number of aliphatic hydroxyl groups excluding tert-OH is 1. The van der Waals surface area contributed by atoms with Crippen molar-refractivity contribution in [3.63, 3.8) is 0 Å². The Morgan fingerprint density at radius 3 is 2.25 bits per heavy atom. The van der Waals surface area contributed by atoms with Crippen molar-refractivity contribution in [3.05, 3.63) is 69.0 Å². The van der Waals surface area contributed by atoms with Gasteiger partial charge in [-0.05, 0) is 55.2 Å². The first-order chi connectivity index (χ1) is 9.38. The molecule has 1 atom stereocenters. The van der Waals surface area contributed by atoms with Crippen molar-refractivity contribution in [2.45, 2.75) is 33.3 Å². The fourth-order valence-electron chi connectivity index (χ4n) is 2.71. The molecule has 0 aliphatic carbocycles. The molecule has 0 aliphatic heterocycles. The third kappa shape index (κ3) is 3.20. The maximum absolute atomic E-state index is 13.4. The Bertz CT molecular complexity index is 614. The average Bonchev–Trinajstić information content (AvgIpc) is 2.32. The Kier molecular flexibility index (Phi) is 4.46. The van der Waals surface area contributed by atoms with Gasteiger partial charge in [0.2, 0.25) is 0 Å². The van der Waals surface area contributed by atoms with Crippen molar-refractivity contribution >= 4 is 11.6 Å². The molecule has 2 aromatic rings. The van der Waals surface area contributed by atoms with E-state index in [9.17, 15) is 9.50 Å². The first-order valence-corrected chi connectivity index (χ1v) is 6.96. The fourth-order valence-corrected chi connectivity index (χ4v) is 2.83. The van der Waals surface area contributed by atoms with Crippen molar-refractivity contribution in [1.82, 2.24) is 0 Å². The number of hydrogen-bond acceptors (Lipinski definition) is 1. The van der Waals surface area contributed by atoms with Gasteiger partial charge in [-0.2, -0.15) is 0 Å². The smallest absolute Gasteiger partial charge is 0.142 e. The Morgan fingerprint density at radius 2 is 1.70 bits per heavy atom. The van der Waals surface area contributed by atoms with Gasteiger partial charge in [-0.25, -0.2) is 4.39 Å². The van der Waals surface area contributed by atoms with Crippen LogP contribution in [-0.4, -0.2) is 5.11 Å². The molecule has 0 heterocycles. The number of benzene rings is 2. The van der Waals surface area contributed by atoms with E-state index in [-0.39, 0.29) is 5.02 Å². The van der Waals surface area contributed by atoms with Crippen LogP contribution in [0, 0.1) is 26.6 Å². The highest BCUT2D eigenvalue weighted by molar-refractivity contribution is 6.30. The van der Waals surface area contributed by atoms with Gasteiger partial charge >= 0.3 is 0 Å². The Hall–Kier alpha value is -1.38. The van der Waals surface area contributed by atoms with E-state index in [1.54, 1.807) is 6.07 Å². The number of hydrogen-bond donors (Lipinski definition) is 1. The van der Waals surface area contributed by atoms with Crippen LogP contribution in [0.15, 0.2) is 30.3 Å². The molecule has 0 bridgehead atoms. The van der Waals surface area contributed by atoms with E-state index in [0.29, 0.717) is 6.42 Å². The van der Waals surface area contributed by atoms with Crippen LogP contribution >= 0.6 is 11.6 Å². The molecular weight excluding hydrogens is 275 g/mol. The molecule has 0 amide bonds. The molecule has 20 heavy (non-hydrogen) atoms. The summed E-state index contributed by atoms with van der Waals surface area (Å²) in [7, 11) is 0. The highest BCUT2D eigenvalue weighted by Gasteiger charge is 2.15. The lowest BCUT2D eigenvalue weighted by Crippen LogP contribution is -2.07. The number of aliphatic hydroxyl groups is 1. The lowest BCUT2D eigenvalue weighted by Gasteiger charge is -2.17. The number of halogens is 2. The molecule has 3 heteroatoms. The maximum Gasteiger partial charge on any atom is 0.142 e. The molecule has 0 fully saturated rings. The molecule has 0 radical (unpaired) electrons. The van der Waals surface area contributed by atoms with E-state index >= 15 is 0 Å². The molecule has 2 aromatic carbocycles. The second-order valence-electron chi connectivity index (χ2n) is 5.28. The van der Waals surface area contributed by atoms with Gasteiger partial charge in [0.1, 0.15) is 5.82 Å². The molecule has 1 nitrogen and oxygen atoms in total. The lowest BCUT2D eigenvalue weighted by atomic mass is 9.92. The summed E-state index contributed by atoms with van der Waals surface area (Å²) in [5, 5.41) is 10.5. The van der Waals surface area contributed by atoms with Crippen LogP contribution in [0.1, 0.15) is 33.9 Å². The summed E-state index contributed by atoms with van der Waals surface area (Å²) in [6, 6.07) is 8.74. The zero-order chi connectivity index (χ0) is 14.9. The van der Waals surface area contributed by atoms with Crippen LogP contribution in [0.4, 0.5) is 4.39 Å². The topological polar surface area (TPSA) is 20.2 Å². The quantitative estimate of drug-likeness (QED) is 0.871. The standard InChI is InChI=1S/C17H18ClFO/c1-10-6-11(2)17(12(3)7-10)16(20)9-13-4-5-14(18)15(19)8-13/h4-8,16,20H,9H2,1-3H3. The summed E-state index contributed by atoms with van der Waals surface area (Å²) in [6.45, 7) is 6.01. The third-order valence-corrected chi connectivity index (χ3v) is 3.79. The summed E-state index contributed by atoms with van der Waals surface area (Å²) in [5.41, 5.74) is 4.95. The Morgan fingerprint density at radius 1 is 1.10 bits per heavy atom. The highest BCUT2D eigenvalue weighted by Crippen LogP contribution is 2.27. The van der Waals surface area contributed by atoms with Gasteiger partial charge in [0.05, 0.1) is 11.1 Å². The first-order valence-electron chi connectivity index (χ1n) is 6.58. The molecular formula is C17H18ClFO. The fraction of sp³-hybridized carbons (Fsp3) is 0.294. The van der Waals surface area contributed by atoms with E-state index in [1.165, 1.54) is 17.7 Å². The summed E-state index contributed by atoms with van der Waals surface area (Å²) in [5.74, 6) is -0.450. The second-order valence-corrected chi connectivity index (χ2v) is 5.69. The van der Waals surface area contributed by atoms with Crippen LogP contribution in [0.25, 0.3) is 0 Å². The monoisotopic (exact) mass is 292 g/mol. The van der Waals surface area contributed by atoms with E-state index in [0.717, 1.165) is 22.3 Å². The van der Waals surface area contributed by atoms with Crippen LogP contribution < -0.4 is 0 Å². The van der Waals surface area contributed by atoms with Gasteiger partial charge < -0.3 is 5.11 Å². The van der Waals surface area contributed by atoms with Crippen LogP contribution in [-0.2, 0) is 6.42 Å². The predicted octanol–water partition coefficient (Wildman–Crippen LogP) is 4.68. The SMILES string of the molecule is Cc1cc(C)c(C(O)Cc2ccc(Cl)c(F)c2)c(C)c1. The van der Waals surface area contributed by atoms with Gasteiger partial charge in [0, 0.05) is 6.42 Å². The molecule has 0 saturated heterocycles. The Labute approximate surface area is 124 Å². The van der Waals surface area contributed by atoms with Gasteiger partial charge in [0.25, 0.3) is 0 Å². The van der Waals surface area contributed by atoms with Crippen molar-refractivity contribution in [3.8, 4) is 0 Å². The van der Waals surface area contributed by atoms with Crippen molar-refractivity contribution in [1.29, 1.82) is 0 Å². The second kappa shape index (κ2) is 5.94. The summed E-state index contributed by atoms with van der Waals surface area (Å²) < 4.78 is 13.4. The van der Waals surface area contributed by atoms with E-state index in [1.807, 2.05) is 32.9 Å². The molecule has 0 aromatic heterocycles. The van der Waals surface area contributed by atoms with Gasteiger partial charge in [0.15, 0.2) is 0 Å². The summed E-state index contributed by atoms with van der Waals surface area (Å²) in [6.07, 6.45) is -0.269. The number of aryl methyl sites for hydroxylation is 3. The Balaban J connectivity index is 2.28. The molecule has 0 spiro atoms. The lowest BCUT2D eigenvalue weighted by molar-refractivity contribution is 0.177. The van der Waals surface area contributed by atoms with Gasteiger partial charge in [-0.1, -0.05) is 35.4 Å². The summed E-state index contributed by atoms with van der Waals surface area (Å²) in [4.78, 5) is 0. The maximum atomic E-state index is 13.4. The zero-order valence-electron chi connectivity index (χ0n) is 11.9. The predicted molar refractivity (Wildman–Crippen MR) is 80.7 cm³/mol. The number of rotatable bonds is 3. The zero-order valence-corrected chi connectivity index (χ0v) is 12.6. The minimum absolute atomic E-state index is 0.103. The minimum Gasteiger partial charge on any atom is -0.388 e. The normalized spacial score (nSPS) is 12.5. The molecule has 106 valence electrons. The average molecular weight is 293 g/mol. The molecule has 1 N–H and O–H groups in total. The van der Waals surface area contributed by atoms with Gasteiger partial charge in [-0.15, -0.1) is 0 Å². The van der Waals surface area contributed by atoms with E-state index in [2.05, 4.69) is 0 Å². The molecule has 1 unspecified atom stereocenters. The van der Waals surface area contributed by atoms with Crippen molar-refractivity contribution in [2.75, 3.05) is 0 Å². The highest BCUT2D eigenvalue weighted by atomic mass is 35.5.